The second-order valence-electron chi connectivity index (χ2n) is 3.88. The maximum atomic E-state index is 13.3. The second kappa shape index (κ2) is 5.47. The van der Waals surface area contributed by atoms with Gasteiger partial charge in [-0.1, -0.05) is 6.07 Å². The Hall–Kier alpha value is -2.77. The van der Waals surface area contributed by atoms with Gasteiger partial charge in [0, 0.05) is 19.3 Å². The monoisotopic (exact) mass is 280 g/mol. The summed E-state index contributed by atoms with van der Waals surface area (Å²) in [5, 5.41) is 7.92. The quantitative estimate of drug-likeness (QED) is 0.878. The molecule has 0 fully saturated rings. The first kappa shape index (κ1) is 13.7. The van der Waals surface area contributed by atoms with Gasteiger partial charge in [-0.2, -0.15) is 5.10 Å². The van der Waals surface area contributed by atoms with Gasteiger partial charge in [0.05, 0.1) is 0 Å². The van der Waals surface area contributed by atoms with Crippen molar-refractivity contribution in [1.29, 1.82) is 0 Å². The summed E-state index contributed by atoms with van der Waals surface area (Å²) in [6.45, 7) is 0. The highest BCUT2D eigenvalue weighted by Crippen LogP contribution is 2.11. The molecule has 2 aromatic rings. The number of nitrogens with one attached hydrogen (secondary N) is 2. The fourth-order valence-electron chi connectivity index (χ4n) is 1.51. The Morgan fingerprint density at radius 2 is 1.85 bits per heavy atom. The molecule has 0 saturated heterocycles. The van der Waals surface area contributed by atoms with E-state index in [0.717, 1.165) is 18.2 Å². The van der Waals surface area contributed by atoms with Gasteiger partial charge in [0.25, 0.3) is 5.91 Å². The lowest BCUT2D eigenvalue weighted by atomic mass is 10.2. The predicted molar refractivity (Wildman–Crippen MR) is 66.1 cm³/mol. The first-order valence-electron chi connectivity index (χ1n) is 5.53. The molecule has 20 heavy (non-hydrogen) atoms. The Kier molecular flexibility index (Phi) is 3.74. The number of hydrogen-bond acceptors (Lipinski definition) is 3. The number of carbonyl (C=O) groups is 2. The highest BCUT2D eigenvalue weighted by Gasteiger charge is 2.19. The van der Waals surface area contributed by atoms with E-state index in [4.69, 9.17) is 0 Å². The number of hydrogen-bond donors (Lipinski definition) is 2. The molecule has 2 rings (SSSR count). The van der Waals surface area contributed by atoms with E-state index in [0.29, 0.717) is 0 Å². The minimum atomic E-state index is -1.17. The number of anilines is 1. The average Bonchev–Trinajstić information content (AvgIpc) is 2.74. The normalized spacial score (nSPS) is 10.2. The van der Waals surface area contributed by atoms with Crippen LogP contribution in [0.5, 0.6) is 0 Å². The van der Waals surface area contributed by atoms with E-state index in [9.17, 15) is 18.4 Å². The van der Waals surface area contributed by atoms with E-state index < -0.39 is 29.1 Å². The molecule has 0 saturated carbocycles. The molecule has 0 radical (unpaired) electrons. The fraction of sp³-hybridized carbons (Fsp3) is 0.0833. The van der Waals surface area contributed by atoms with E-state index in [-0.39, 0.29) is 5.82 Å². The van der Waals surface area contributed by atoms with Crippen LogP contribution in [0.25, 0.3) is 0 Å². The summed E-state index contributed by atoms with van der Waals surface area (Å²) in [5.41, 5.74) is -0.816. The number of benzene rings is 1. The third-order valence-corrected chi connectivity index (χ3v) is 2.37. The molecule has 6 nitrogen and oxygen atoms in total. The minimum Gasteiger partial charge on any atom is -0.291 e. The molecule has 0 aliphatic rings. The molecule has 0 aliphatic heterocycles. The van der Waals surface area contributed by atoms with Crippen LogP contribution in [0.15, 0.2) is 30.5 Å². The van der Waals surface area contributed by atoms with Crippen LogP contribution in [0.1, 0.15) is 10.4 Å². The van der Waals surface area contributed by atoms with Crippen LogP contribution < -0.4 is 10.6 Å². The summed E-state index contributed by atoms with van der Waals surface area (Å²) in [6, 6.07) is 3.53. The first-order chi connectivity index (χ1) is 9.47. The molecule has 1 heterocycles. The van der Waals surface area contributed by atoms with Gasteiger partial charge in [-0.15, -0.1) is 0 Å². The van der Waals surface area contributed by atoms with Crippen LogP contribution in [0.2, 0.25) is 0 Å². The third-order valence-electron chi connectivity index (χ3n) is 2.37. The Morgan fingerprint density at radius 3 is 2.40 bits per heavy atom. The Bertz CT molecular complexity index is 649. The second-order valence-corrected chi connectivity index (χ2v) is 3.88. The molecule has 8 heteroatoms. The van der Waals surface area contributed by atoms with E-state index in [1.807, 2.05) is 5.32 Å². The lowest BCUT2D eigenvalue weighted by molar-refractivity contribution is 0.0959. The van der Waals surface area contributed by atoms with Crippen molar-refractivity contribution in [2.45, 2.75) is 0 Å². The Morgan fingerprint density at radius 1 is 1.20 bits per heavy atom. The molecule has 0 aliphatic carbocycles. The Balaban J connectivity index is 2.06. The summed E-state index contributed by atoms with van der Waals surface area (Å²) in [6.07, 6.45) is 1.58. The predicted octanol–water partition coefficient (Wildman–Crippen LogP) is 1.66. The van der Waals surface area contributed by atoms with Gasteiger partial charge in [-0.25, -0.2) is 13.6 Å². The largest absolute Gasteiger partial charge is 0.327 e. The number of rotatable bonds is 2. The van der Waals surface area contributed by atoms with E-state index in [1.54, 1.807) is 13.2 Å². The summed E-state index contributed by atoms with van der Waals surface area (Å²) >= 11 is 0. The van der Waals surface area contributed by atoms with Gasteiger partial charge < -0.3 is 0 Å². The van der Waals surface area contributed by atoms with Gasteiger partial charge in [0.1, 0.15) is 17.2 Å². The zero-order valence-corrected chi connectivity index (χ0v) is 10.4. The fourth-order valence-corrected chi connectivity index (χ4v) is 1.51. The van der Waals surface area contributed by atoms with Crippen molar-refractivity contribution in [3.05, 3.63) is 47.7 Å². The lowest BCUT2D eigenvalue weighted by Crippen LogP contribution is -2.35. The van der Waals surface area contributed by atoms with E-state index in [1.165, 1.54) is 10.7 Å². The van der Waals surface area contributed by atoms with Crippen LogP contribution in [0.3, 0.4) is 0 Å². The molecule has 3 amide bonds. The van der Waals surface area contributed by atoms with Gasteiger partial charge in [-0.3, -0.25) is 20.1 Å². The molecule has 0 atom stereocenters. The van der Waals surface area contributed by atoms with Crippen molar-refractivity contribution in [3.63, 3.8) is 0 Å². The van der Waals surface area contributed by atoms with Crippen molar-refractivity contribution < 1.29 is 18.4 Å². The van der Waals surface area contributed by atoms with Crippen LogP contribution >= 0.6 is 0 Å². The number of amides is 3. The SMILES string of the molecule is Cn1ccc(NC(=O)NC(=O)c2c(F)cccc2F)n1. The summed E-state index contributed by atoms with van der Waals surface area (Å²) in [4.78, 5) is 23.1. The highest BCUT2D eigenvalue weighted by atomic mass is 19.1. The van der Waals surface area contributed by atoms with Crippen LogP contribution in [0, 0.1) is 11.6 Å². The standard InChI is InChI=1S/C12H10F2N4O2/c1-18-6-5-9(17-18)15-12(20)16-11(19)10-7(13)3-2-4-8(10)14/h2-6H,1H3,(H2,15,16,17,19,20). The summed E-state index contributed by atoms with van der Waals surface area (Å²) in [5.74, 6) is -3.07. The maximum absolute atomic E-state index is 13.3. The summed E-state index contributed by atoms with van der Waals surface area (Å²) in [7, 11) is 1.64. The topological polar surface area (TPSA) is 76.0 Å². The number of imide groups is 1. The molecular formula is C12H10F2N4O2. The van der Waals surface area contributed by atoms with Crippen LogP contribution in [0.4, 0.5) is 19.4 Å². The van der Waals surface area contributed by atoms with Crippen molar-refractivity contribution in [2.75, 3.05) is 5.32 Å². The summed E-state index contributed by atoms with van der Waals surface area (Å²) < 4.78 is 28.1. The van der Waals surface area contributed by atoms with Gasteiger partial charge in [0.2, 0.25) is 0 Å². The molecule has 1 aromatic heterocycles. The number of nitrogens with zero attached hydrogens (tertiary/aromatic N) is 2. The molecule has 0 spiro atoms. The van der Waals surface area contributed by atoms with E-state index >= 15 is 0 Å². The molecular weight excluding hydrogens is 270 g/mol. The van der Waals surface area contributed by atoms with Crippen molar-refractivity contribution in [2.24, 2.45) is 7.05 Å². The van der Waals surface area contributed by atoms with Gasteiger partial charge >= 0.3 is 6.03 Å². The molecule has 0 unspecified atom stereocenters. The first-order valence-corrected chi connectivity index (χ1v) is 5.53. The Labute approximate surface area is 112 Å². The van der Waals surface area contributed by atoms with Crippen molar-refractivity contribution in [1.82, 2.24) is 15.1 Å². The zero-order chi connectivity index (χ0) is 14.7. The number of carbonyl (C=O) groups excluding carboxylic acids is 2. The zero-order valence-electron chi connectivity index (χ0n) is 10.4. The van der Waals surface area contributed by atoms with Gasteiger partial charge in [0.15, 0.2) is 5.82 Å². The van der Waals surface area contributed by atoms with Crippen LogP contribution in [-0.2, 0) is 7.05 Å². The number of aryl methyl sites for hydroxylation is 1. The smallest absolute Gasteiger partial charge is 0.291 e. The maximum Gasteiger partial charge on any atom is 0.327 e. The van der Waals surface area contributed by atoms with Crippen molar-refractivity contribution >= 4 is 17.8 Å². The van der Waals surface area contributed by atoms with E-state index in [2.05, 4.69) is 10.4 Å². The molecule has 2 N–H and O–H groups in total. The lowest BCUT2D eigenvalue weighted by Gasteiger charge is -2.06. The molecule has 0 bridgehead atoms. The number of urea groups is 1. The molecule has 104 valence electrons. The number of aromatic nitrogens is 2. The minimum absolute atomic E-state index is 0.201. The number of halogens is 2. The van der Waals surface area contributed by atoms with Crippen molar-refractivity contribution in [3.8, 4) is 0 Å². The third kappa shape index (κ3) is 2.97. The van der Waals surface area contributed by atoms with Gasteiger partial charge in [-0.05, 0) is 12.1 Å². The molecule has 1 aromatic carbocycles. The average molecular weight is 280 g/mol. The highest BCUT2D eigenvalue weighted by molar-refractivity contribution is 6.07. The van der Waals surface area contributed by atoms with Crippen LogP contribution in [-0.4, -0.2) is 21.7 Å².